The highest BCUT2D eigenvalue weighted by Gasteiger charge is 2.41. The van der Waals surface area contributed by atoms with Crippen molar-refractivity contribution < 1.29 is 23.0 Å². The highest BCUT2D eigenvalue weighted by molar-refractivity contribution is 5.30. The first-order valence-corrected chi connectivity index (χ1v) is 5.47. The second-order valence-electron chi connectivity index (χ2n) is 4.86. The molecule has 1 aromatic carbocycles. The first-order valence-electron chi connectivity index (χ1n) is 5.47. The van der Waals surface area contributed by atoms with Gasteiger partial charge in [0.2, 0.25) is 0 Å². The molecule has 0 amide bonds. The number of benzene rings is 1. The van der Waals surface area contributed by atoms with Gasteiger partial charge in [0, 0.05) is 7.11 Å². The van der Waals surface area contributed by atoms with E-state index in [1.165, 1.54) is 26.2 Å². The van der Waals surface area contributed by atoms with E-state index < -0.39 is 22.9 Å². The van der Waals surface area contributed by atoms with E-state index in [0.717, 1.165) is 12.1 Å². The van der Waals surface area contributed by atoms with Gasteiger partial charge in [0.25, 0.3) is 0 Å². The molecule has 0 heterocycles. The van der Waals surface area contributed by atoms with Gasteiger partial charge in [-0.15, -0.1) is 0 Å². The first kappa shape index (κ1) is 15.0. The van der Waals surface area contributed by atoms with Crippen molar-refractivity contribution in [3.8, 4) is 0 Å². The molecule has 0 spiro atoms. The maximum absolute atomic E-state index is 12.4. The Morgan fingerprint density at radius 3 is 1.67 bits per heavy atom. The molecule has 102 valence electrons. The molecule has 0 fully saturated rings. The average molecular weight is 262 g/mol. The Hall–Kier alpha value is -1.07. The molecule has 0 saturated heterocycles. The molecule has 1 atom stereocenters. The standard InChI is InChI=1S/C13H17F3O2/c1-11(2,18-4)12(3,17)9-5-7-10(8-6-9)13(14,15)16/h5-8,17H,1-4H3. The zero-order valence-electron chi connectivity index (χ0n) is 10.8. The molecule has 5 heteroatoms. The topological polar surface area (TPSA) is 29.5 Å². The fraction of sp³-hybridized carbons (Fsp3) is 0.538. The molecule has 2 nitrogen and oxygen atoms in total. The maximum atomic E-state index is 12.4. The summed E-state index contributed by atoms with van der Waals surface area (Å²) < 4.78 is 42.5. The van der Waals surface area contributed by atoms with Gasteiger partial charge in [-0.05, 0) is 38.5 Å². The molecular weight excluding hydrogens is 245 g/mol. The number of methoxy groups -OCH3 is 1. The van der Waals surface area contributed by atoms with E-state index in [0.29, 0.717) is 5.56 Å². The summed E-state index contributed by atoms with van der Waals surface area (Å²) in [5, 5.41) is 10.4. The first-order chi connectivity index (χ1) is 8.02. The van der Waals surface area contributed by atoms with Crippen molar-refractivity contribution in [2.75, 3.05) is 7.11 Å². The number of alkyl halides is 3. The second-order valence-corrected chi connectivity index (χ2v) is 4.86. The number of aliphatic hydroxyl groups is 1. The molecule has 1 rings (SSSR count). The van der Waals surface area contributed by atoms with E-state index in [4.69, 9.17) is 4.74 Å². The number of halogens is 3. The van der Waals surface area contributed by atoms with E-state index in [-0.39, 0.29) is 0 Å². The van der Waals surface area contributed by atoms with Gasteiger partial charge in [-0.2, -0.15) is 13.2 Å². The number of rotatable bonds is 3. The van der Waals surface area contributed by atoms with E-state index >= 15 is 0 Å². The molecule has 0 aliphatic rings. The minimum atomic E-state index is -4.37. The van der Waals surface area contributed by atoms with E-state index in [2.05, 4.69) is 0 Å². The van der Waals surface area contributed by atoms with Crippen molar-refractivity contribution in [2.24, 2.45) is 0 Å². The fourth-order valence-electron chi connectivity index (χ4n) is 1.53. The zero-order chi connectivity index (χ0) is 14.2. The lowest BCUT2D eigenvalue weighted by Crippen LogP contribution is -2.46. The minimum absolute atomic E-state index is 0.377. The Morgan fingerprint density at radius 1 is 0.944 bits per heavy atom. The van der Waals surface area contributed by atoms with Gasteiger partial charge in [-0.1, -0.05) is 12.1 Å². The normalized spacial score (nSPS) is 16.4. The van der Waals surface area contributed by atoms with Gasteiger partial charge in [0.15, 0.2) is 0 Å². The van der Waals surface area contributed by atoms with E-state index in [9.17, 15) is 18.3 Å². The quantitative estimate of drug-likeness (QED) is 0.905. The lowest BCUT2D eigenvalue weighted by atomic mass is 9.81. The Bertz CT molecular complexity index is 405. The summed E-state index contributed by atoms with van der Waals surface area (Å²) in [5.74, 6) is 0. The van der Waals surface area contributed by atoms with Gasteiger partial charge in [0.1, 0.15) is 5.60 Å². The maximum Gasteiger partial charge on any atom is 0.416 e. The van der Waals surface area contributed by atoms with Crippen molar-refractivity contribution in [2.45, 2.75) is 38.1 Å². The zero-order valence-corrected chi connectivity index (χ0v) is 10.8. The third kappa shape index (κ3) is 2.67. The summed E-state index contributed by atoms with van der Waals surface area (Å²) in [6, 6.07) is 4.44. The summed E-state index contributed by atoms with van der Waals surface area (Å²) in [5.41, 5.74) is -2.65. The number of hydrogen-bond donors (Lipinski definition) is 1. The number of ether oxygens (including phenoxy) is 1. The van der Waals surface area contributed by atoms with Crippen molar-refractivity contribution in [3.63, 3.8) is 0 Å². The van der Waals surface area contributed by atoms with Crippen LogP contribution in [0.4, 0.5) is 13.2 Å². The molecular formula is C13H17F3O2. The van der Waals surface area contributed by atoms with Crippen molar-refractivity contribution >= 4 is 0 Å². The van der Waals surface area contributed by atoms with Crippen LogP contribution in [0.25, 0.3) is 0 Å². The molecule has 0 radical (unpaired) electrons. The van der Waals surface area contributed by atoms with Crippen molar-refractivity contribution in [1.82, 2.24) is 0 Å². The molecule has 0 bridgehead atoms. The van der Waals surface area contributed by atoms with E-state index in [1.807, 2.05) is 0 Å². The predicted molar refractivity (Wildman–Crippen MR) is 62.1 cm³/mol. The van der Waals surface area contributed by atoms with Crippen LogP contribution in [0.1, 0.15) is 31.9 Å². The third-order valence-corrected chi connectivity index (χ3v) is 3.46. The molecule has 1 N–H and O–H groups in total. The second kappa shape index (κ2) is 4.55. The van der Waals surface area contributed by atoms with Crippen molar-refractivity contribution in [1.29, 1.82) is 0 Å². The van der Waals surface area contributed by atoms with Gasteiger partial charge in [-0.25, -0.2) is 0 Å². The summed E-state index contributed by atoms with van der Waals surface area (Å²) in [4.78, 5) is 0. The molecule has 0 aromatic heterocycles. The van der Waals surface area contributed by atoms with Gasteiger partial charge in [-0.3, -0.25) is 0 Å². The van der Waals surface area contributed by atoms with Crippen LogP contribution < -0.4 is 0 Å². The molecule has 18 heavy (non-hydrogen) atoms. The van der Waals surface area contributed by atoms with Gasteiger partial charge in [0.05, 0.1) is 11.2 Å². The van der Waals surface area contributed by atoms with Gasteiger partial charge < -0.3 is 9.84 Å². The summed E-state index contributed by atoms with van der Waals surface area (Å²) >= 11 is 0. The largest absolute Gasteiger partial charge is 0.416 e. The Balaban J connectivity index is 3.13. The molecule has 0 saturated carbocycles. The average Bonchev–Trinajstić information content (AvgIpc) is 2.27. The van der Waals surface area contributed by atoms with E-state index in [1.54, 1.807) is 13.8 Å². The molecule has 1 unspecified atom stereocenters. The lowest BCUT2D eigenvalue weighted by Gasteiger charge is -2.39. The number of hydrogen-bond acceptors (Lipinski definition) is 2. The van der Waals surface area contributed by atoms with Gasteiger partial charge >= 0.3 is 6.18 Å². The highest BCUT2D eigenvalue weighted by atomic mass is 19.4. The van der Waals surface area contributed by atoms with Crippen LogP contribution in [-0.2, 0) is 16.5 Å². The minimum Gasteiger partial charge on any atom is -0.382 e. The SMILES string of the molecule is COC(C)(C)C(C)(O)c1ccc(C(F)(F)F)cc1. The van der Waals surface area contributed by atoms with Crippen LogP contribution in [0.3, 0.4) is 0 Å². The van der Waals surface area contributed by atoms with Crippen LogP contribution in [0.15, 0.2) is 24.3 Å². The van der Waals surface area contributed by atoms with Crippen LogP contribution in [0, 0.1) is 0 Å². The van der Waals surface area contributed by atoms with Crippen LogP contribution in [0.5, 0.6) is 0 Å². The molecule has 0 aliphatic carbocycles. The smallest absolute Gasteiger partial charge is 0.382 e. The Kier molecular flexibility index (Phi) is 3.79. The predicted octanol–water partition coefficient (Wildman–Crippen LogP) is 3.34. The summed E-state index contributed by atoms with van der Waals surface area (Å²) in [6.45, 7) is 4.86. The van der Waals surface area contributed by atoms with Crippen molar-refractivity contribution in [3.05, 3.63) is 35.4 Å². The molecule has 1 aromatic rings. The molecule has 0 aliphatic heterocycles. The Morgan fingerprint density at radius 2 is 1.33 bits per heavy atom. The summed E-state index contributed by atoms with van der Waals surface area (Å²) in [6.07, 6.45) is -4.37. The monoisotopic (exact) mass is 262 g/mol. The highest BCUT2D eigenvalue weighted by Crippen LogP contribution is 2.36. The van der Waals surface area contributed by atoms with Crippen LogP contribution in [0.2, 0.25) is 0 Å². The lowest BCUT2D eigenvalue weighted by molar-refractivity contribution is -0.146. The fourth-order valence-corrected chi connectivity index (χ4v) is 1.53. The van der Waals surface area contributed by atoms with Crippen LogP contribution in [-0.4, -0.2) is 17.8 Å². The Labute approximate surface area is 104 Å². The third-order valence-electron chi connectivity index (χ3n) is 3.46. The summed E-state index contributed by atoms with van der Waals surface area (Å²) in [7, 11) is 1.44. The van der Waals surface area contributed by atoms with Crippen LogP contribution >= 0.6 is 0 Å².